The van der Waals surface area contributed by atoms with E-state index in [-0.39, 0.29) is 6.04 Å². The molecule has 6 heteroatoms. The Kier molecular flexibility index (Phi) is 3.15. The van der Waals surface area contributed by atoms with Gasteiger partial charge in [0.2, 0.25) is 0 Å². The minimum Gasteiger partial charge on any atom is -0.315 e. The number of fused-ring (bicyclic) bond motifs is 4. The van der Waals surface area contributed by atoms with Crippen molar-refractivity contribution in [1.82, 2.24) is 13.9 Å². The van der Waals surface area contributed by atoms with Crippen LogP contribution in [0.4, 0.5) is 0 Å². The number of hydrogen-bond donors (Lipinski definition) is 1. The summed E-state index contributed by atoms with van der Waals surface area (Å²) in [7, 11) is -3.19. The zero-order chi connectivity index (χ0) is 11.9. The number of nitrogens with one attached hydrogen (secondary N) is 1. The zero-order valence-electron chi connectivity index (χ0n) is 10.1. The second kappa shape index (κ2) is 4.50. The summed E-state index contributed by atoms with van der Waals surface area (Å²) in [6.07, 6.45) is 4.22. The van der Waals surface area contributed by atoms with Gasteiger partial charge in [-0.05, 0) is 38.1 Å². The highest BCUT2D eigenvalue weighted by Crippen LogP contribution is 2.29. The average molecular weight is 259 g/mol. The quantitative estimate of drug-likeness (QED) is 0.760. The molecule has 0 aliphatic carbocycles. The smallest absolute Gasteiger partial charge is 0.282 e. The second-order valence-corrected chi connectivity index (χ2v) is 7.32. The SMILES string of the molecule is O=S(=O)(N1CCCC1)N1C[C@@H]2CC[C@H]1CNC2. The highest BCUT2D eigenvalue weighted by Gasteiger charge is 2.41. The van der Waals surface area contributed by atoms with Crippen molar-refractivity contribution in [3.63, 3.8) is 0 Å². The lowest BCUT2D eigenvalue weighted by Crippen LogP contribution is -2.52. The van der Waals surface area contributed by atoms with Gasteiger partial charge in [-0.3, -0.25) is 0 Å². The Morgan fingerprint density at radius 1 is 1.06 bits per heavy atom. The van der Waals surface area contributed by atoms with Crippen molar-refractivity contribution in [2.45, 2.75) is 31.7 Å². The fourth-order valence-corrected chi connectivity index (χ4v) is 5.21. The van der Waals surface area contributed by atoms with Gasteiger partial charge in [-0.2, -0.15) is 17.0 Å². The van der Waals surface area contributed by atoms with E-state index < -0.39 is 10.2 Å². The normalized spacial score (nSPS) is 36.2. The summed E-state index contributed by atoms with van der Waals surface area (Å²) in [5.74, 6) is 0.506. The topological polar surface area (TPSA) is 52.7 Å². The Hall–Kier alpha value is -0.170. The van der Waals surface area contributed by atoms with Crippen LogP contribution in [-0.4, -0.2) is 55.8 Å². The largest absolute Gasteiger partial charge is 0.315 e. The van der Waals surface area contributed by atoms with Crippen molar-refractivity contribution >= 4 is 10.2 Å². The van der Waals surface area contributed by atoms with E-state index in [1.807, 2.05) is 0 Å². The third-order valence-corrected chi connectivity index (χ3v) is 6.31. The molecule has 0 aromatic rings. The highest BCUT2D eigenvalue weighted by atomic mass is 32.2. The van der Waals surface area contributed by atoms with Gasteiger partial charge >= 0.3 is 0 Å². The molecule has 4 aliphatic heterocycles. The van der Waals surface area contributed by atoms with Crippen LogP contribution in [0.1, 0.15) is 25.7 Å². The van der Waals surface area contributed by atoms with E-state index in [4.69, 9.17) is 0 Å². The summed E-state index contributed by atoms with van der Waals surface area (Å²) in [6.45, 7) is 3.94. The van der Waals surface area contributed by atoms with Crippen LogP contribution in [-0.2, 0) is 10.2 Å². The summed E-state index contributed by atoms with van der Waals surface area (Å²) in [5.41, 5.74) is 0. The molecule has 4 rings (SSSR count). The van der Waals surface area contributed by atoms with Gasteiger partial charge in [0.1, 0.15) is 0 Å². The van der Waals surface area contributed by atoms with E-state index in [0.717, 1.165) is 38.9 Å². The standard InChI is InChI=1S/C11H21N3O2S/c15-17(16,13-5-1-2-6-13)14-9-10-3-4-11(14)8-12-7-10/h10-12H,1-9H2/t10-,11+/m1/s1. The molecule has 0 unspecified atom stereocenters. The monoisotopic (exact) mass is 259 g/mol. The van der Waals surface area contributed by atoms with Crippen LogP contribution in [0, 0.1) is 5.92 Å². The first-order chi connectivity index (χ1) is 8.18. The van der Waals surface area contributed by atoms with Crippen molar-refractivity contribution in [2.75, 3.05) is 32.7 Å². The van der Waals surface area contributed by atoms with Crippen LogP contribution in [0.5, 0.6) is 0 Å². The average Bonchev–Trinajstić information content (AvgIpc) is 2.68. The Bertz CT molecular complexity index is 374. The molecule has 4 fully saturated rings. The maximum atomic E-state index is 12.6. The van der Waals surface area contributed by atoms with E-state index in [1.54, 1.807) is 8.61 Å². The third kappa shape index (κ3) is 2.12. The van der Waals surface area contributed by atoms with Gasteiger partial charge in [0.15, 0.2) is 0 Å². The number of hydrogen-bond acceptors (Lipinski definition) is 3. The van der Waals surface area contributed by atoms with E-state index in [2.05, 4.69) is 5.32 Å². The van der Waals surface area contributed by atoms with Crippen LogP contribution < -0.4 is 5.32 Å². The van der Waals surface area contributed by atoms with Crippen molar-refractivity contribution < 1.29 is 8.42 Å². The van der Waals surface area contributed by atoms with Gasteiger partial charge in [-0.1, -0.05) is 0 Å². The predicted octanol–water partition coefficient (Wildman–Crippen LogP) is 0.0108. The summed E-state index contributed by atoms with van der Waals surface area (Å²) in [4.78, 5) is 0. The van der Waals surface area contributed by atoms with Gasteiger partial charge in [0, 0.05) is 32.2 Å². The van der Waals surface area contributed by atoms with Gasteiger partial charge in [-0.25, -0.2) is 0 Å². The molecular weight excluding hydrogens is 238 g/mol. The first-order valence-electron chi connectivity index (χ1n) is 6.65. The molecule has 0 radical (unpaired) electrons. The Labute approximate surface area is 103 Å². The molecule has 2 bridgehead atoms. The molecular formula is C11H21N3O2S. The van der Waals surface area contributed by atoms with Gasteiger partial charge in [-0.15, -0.1) is 0 Å². The minimum atomic E-state index is -3.19. The molecule has 0 aromatic heterocycles. The fourth-order valence-electron chi connectivity index (χ4n) is 3.24. The molecule has 5 nitrogen and oxygen atoms in total. The molecule has 0 spiro atoms. The van der Waals surface area contributed by atoms with E-state index in [9.17, 15) is 8.42 Å². The first-order valence-corrected chi connectivity index (χ1v) is 8.05. The van der Waals surface area contributed by atoms with Crippen LogP contribution >= 0.6 is 0 Å². The molecule has 0 amide bonds. The molecule has 2 atom stereocenters. The first kappa shape index (κ1) is 11.9. The van der Waals surface area contributed by atoms with Crippen LogP contribution in [0.15, 0.2) is 0 Å². The maximum Gasteiger partial charge on any atom is 0.282 e. The molecule has 98 valence electrons. The maximum absolute atomic E-state index is 12.6. The van der Waals surface area contributed by atoms with E-state index in [0.29, 0.717) is 19.0 Å². The van der Waals surface area contributed by atoms with Crippen LogP contribution in [0.2, 0.25) is 0 Å². The minimum absolute atomic E-state index is 0.180. The van der Waals surface area contributed by atoms with Crippen molar-refractivity contribution in [1.29, 1.82) is 0 Å². The fraction of sp³-hybridized carbons (Fsp3) is 1.00. The number of nitrogens with zero attached hydrogens (tertiary/aromatic N) is 2. The second-order valence-electron chi connectivity index (χ2n) is 5.44. The Balaban J connectivity index is 1.83. The molecule has 4 saturated heterocycles. The summed E-state index contributed by atoms with van der Waals surface area (Å²) >= 11 is 0. The third-order valence-electron chi connectivity index (χ3n) is 4.25. The molecule has 4 heterocycles. The summed E-state index contributed by atoms with van der Waals surface area (Å²) in [6, 6.07) is 0.180. The highest BCUT2D eigenvalue weighted by molar-refractivity contribution is 7.86. The van der Waals surface area contributed by atoms with Crippen molar-refractivity contribution in [3.05, 3.63) is 0 Å². The molecule has 17 heavy (non-hydrogen) atoms. The van der Waals surface area contributed by atoms with E-state index >= 15 is 0 Å². The van der Waals surface area contributed by atoms with Crippen LogP contribution in [0.25, 0.3) is 0 Å². The molecule has 1 N–H and O–H groups in total. The lowest BCUT2D eigenvalue weighted by atomic mass is 9.97. The van der Waals surface area contributed by atoms with Crippen LogP contribution in [0.3, 0.4) is 0 Å². The van der Waals surface area contributed by atoms with Crippen molar-refractivity contribution in [2.24, 2.45) is 5.92 Å². The summed E-state index contributed by atoms with van der Waals surface area (Å²) in [5, 5.41) is 3.38. The Morgan fingerprint density at radius 3 is 2.59 bits per heavy atom. The lowest BCUT2D eigenvalue weighted by Gasteiger charge is -2.37. The molecule has 0 saturated carbocycles. The zero-order valence-corrected chi connectivity index (χ0v) is 11.0. The number of piperidine rings is 1. The van der Waals surface area contributed by atoms with Gasteiger partial charge in [0.25, 0.3) is 10.2 Å². The van der Waals surface area contributed by atoms with Gasteiger partial charge < -0.3 is 5.32 Å². The van der Waals surface area contributed by atoms with E-state index in [1.165, 1.54) is 6.42 Å². The lowest BCUT2D eigenvalue weighted by molar-refractivity contribution is 0.217. The van der Waals surface area contributed by atoms with Crippen molar-refractivity contribution in [3.8, 4) is 0 Å². The number of rotatable bonds is 2. The molecule has 0 aromatic carbocycles. The summed E-state index contributed by atoms with van der Waals surface area (Å²) < 4.78 is 28.6. The molecule has 4 aliphatic rings. The predicted molar refractivity (Wildman–Crippen MR) is 65.8 cm³/mol. The Morgan fingerprint density at radius 2 is 1.82 bits per heavy atom. The van der Waals surface area contributed by atoms with Gasteiger partial charge in [0.05, 0.1) is 0 Å².